The van der Waals surface area contributed by atoms with Gasteiger partial charge in [0.1, 0.15) is 0 Å². The Balaban J connectivity index is 1.98. The Morgan fingerprint density at radius 2 is 1.92 bits per heavy atom. The number of nitro benzene ring substituents is 1. The van der Waals surface area contributed by atoms with E-state index in [0.717, 1.165) is 0 Å². The van der Waals surface area contributed by atoms with Crippen molar-refractivity contribution >= 4 is 23.5 Å². The first-order chi connectivity index (χ1) is 12.0. The Kier molecular flexibility index (Phi) is 5.88. The highest BCUT2D eigenvalue weighted by atomic mass is 16.6. The summed E-state index contributed by atoms with van der Waals surface area (Å²) in [4.78, 5) is 22.2. The van der Waals surface area contributed by atoms with Crippen LogP contribution in [-0.4, -0.2) is 36.1 Å². The number of nitrogens with one attached hydrogen (secondary N) is 1. The Bertz CT molecular complexity index is 815. The number of benzene rings is 2. The first-order valence-electron chi connectivity index (χ1n) is 7.22. The van der Waals surface area contributed by atoms with Crippen LogP contribution in [-0.2, 0) is 0 Å². The van der Waals surface area contributed by atoms with E-state index in [1.165, 1.54) is 18.3 Å². The highest BCUT2D eigenvalue weighted by molar-refractivity contribution is 5.95. The summed E-state index contributed by atoms with van der Waals surface area (Å²) in [7, 11) is 3.51. The van der Waals surface area contributed by atoms with Crippen LogP contribution in [0.25, 0.3) is 0 Å². The predicted molar refractivity (Wildman–Crippen MR) is 92.8 cm³/mol. The number of hydrazone groups is 1. The van der Waals surface area contributed by atoms with E-state index in [0.29, 0.717) is 16.8 Å². The zero-order valence-electron chi connectivity index (χ0n) is 13.7. The molecule has 0 aromatic heterocycles. The van der Waals surface area contributed by atoms with Crippen LogP contribution in [0.2, 0.25) is 0 Å². The summed E-state index contributed by atoms with van der Waals surface area (Å²) >= 11 is 0. The Morgan fingerprint density at radius 3 is 2.56 bits per heavy atom. The second-order valence-corrected chi connectivity index (χ2v) is 5.13. The average molecular weight is 340 g/mol. The summed E-state index contributed by atoms with van der Waals surface area (Å²) < 4.78 is 0. The summed E-state index contributed by atoms with van der Waals surface area (Å²) in [6, 6.07) is 12.4. The molecule has 2 rings (SSSR count). The van der Waals surface area contributed by atoms with Gasteiger partial charge in [0.05, 0.1) is 16.8 Å². The Morgan fingerprint density at radius 1 is 1.20 bits per heavy atom. The van der Waals surface area contributed by atoms with Crippen LogP contribution in [0.3, 0.4) is 0 Å². The Labute approximate surface area is 143 Å². The van der Waals surface area contributed by atoms with Crippen molar-refractivity contribution in [3.63, 3.8) is 0 Å². The molecule has 2 aromatic carbocycles. The quantitative estimate of drug-likeness (QED) is 0.377. The standard InChI is InChI=1S/C16H16N6O3/c1-21(2)20-18-14-8-6-13(7-9-14)16(23)19-17-11-12-4-3-5-15(10-12)22(24)25/h3-11H,1-2H3,(H,19,23)/b17-11+,20-18?. The highest BCUT2D eigenvalue weighted by Crippen LogP contribution is 2.14. The number of nitro groups is 1. The van der Waals surface area contributed by atoms with Gasteiger partial charge in [0.25, 0.3) is 11.6 Å². The van der Waals surface area contributed by atoms with E-state index in [2.05, 4.69) is 20.9 Å². The Hall–Kier alpha value is -3.62. The molecule has 0 saturated heterocycles. The molecule has 0 aliphatic carbocycles. The predicted octanol–water partition coefficient (Wildman–Crippen LogP) is 2.92. The van der Waals surface area contributed by atoms with Gasteiger partial charge in [-0.15, -0.1) is 5.11 Å². The van der Waals surface area contributed by atoms with Gasteiger partial charge < -0.3 is 0 Å². The van der Waals surface area contributed by atoms with Crippen molar-refractivity contribution in [2.24, 2.45) is 15.4 Å². The van der Waals surface area contributed by atoms with E-state index < -0.39 is 10.8 Å². The van der Waals surface area contributed by atoms with E-state index >= 15 is 0 Å². The number of nitrogens with zero attached hydrogens (tertiary/aromatic N) is 5. The molecule has 0 spiro atoms. The third-order valence-corrected chi connectivity index (χ3v) is 2.93. The molecular formula is C16H16N6O3. The van der Waals surface area contributed by atoms with Gasteiger partial charge in [-0.2, -0.15) is 5.10 Å². The van der Waals surface area contributed by atoms with E-state index in [9.17, 15) is 14.9 Å². The molecule has 128 valence electrons. The van der Waals surface area contributed by atoms with Crippen molar-refractivity contribution in [2.75, 3.05) is 14.1 Å². The van der Waals surface area contributed by atoms with Gasteiger partial charge in [-0.25, -0.2) is 5.43 Å². The molecule has 0 fully saturated rings. The number of carbonyl (C=O) groups is 1. The second-order valence-electron chi connectivity index (χ2n) is 5.13. The molecule has 1 amide bonds. The topological polar surface area (TPSA) is 113 Å². The van der Waals surface area contributed by atoms with Crippen LogP contribution in [0.1, 0.15) is 15.9 Å². The summed E-state index contributed by atoms with van der Waals surface area (Å²) in [5, 5.41) is 23.9. The molecule has 9 nitrogen and oxygen atoms in total. The zero-order chi connectivity index (χ0) is 18.2. The van der Waals surface area contributed by atoms with Gasteiger partial charge in [0.15, 0.2) is 0 Å². The first kappa shape index (κ1) is 17.7. The third kappa shape index (κ3) is 5.50. The molecule has 1 N–H and O–H groups in total. The summed E-state index contributed by atoms with van der Waals surface area (Å²) in [5.41, 5.74) is 3.85. The molecule has 0 atom stereocenters. The molecular weight excluding hydrogens is 324 g/mol. The lowest BCUT2D eigenvalue weighted by atomic mass is 10.2. The molecule has 9 heteroatoms. The minimum Gasteiger partial charge on any atom is -0.285 e. The minimum atomic E-state index is -0.495. The summed E-state index contributed by atoms with van der Waals surface area (Å²) in [6.45, 7) is 0. The molecule has 0 heterocycles. The maximum atomic E-state index is 12.0. The van der Waals surface area contributed by atoms with E-state index in [-0.39, 0.29) is 5.69 Å². The molecule has 2 aromatic rings. The molecule has 0 aliphatic heterocycles. The normalized spacial score (nSPS) is 11.0. The summed E-state index contributed by atoms with van der Waals surface area (Å²) in [6.07, 6.45) is 1.34. The second kappa shape index (κ2) is 8.29. The van der Waals surface area contributed by atoms with Crippen molar-refractivity contribution in [1.82, 2.24) is 10.4 Å². The minimum absolute atomic E-state index is 0.0437. The van der Waals surface area contributed by atoms with Gasteiger partial charge in [-0.05, 0) is 24.3 Å². The van der Waals surface area contributed by atoms with E-state index in [1.54, 1.807) is 55.5 Å². The van der Waals surface area contributed by atoms with E-state index in [1.807, 2.05) is 0 Å². The number of carbonyl (C=O) groups excluding carboxylic acids is 1. The fourth-order valence-electron chi connectivity index (χ4n) is 1.77. The van der Waals surface area contributed by atoms with Crippen molar-refractivity contribution in [3.05, 3.63) is 69.8 Å². The maximum Gasteiger partial charge on any atom is 0.271 e. The monoisotopic (exact) mass is 340 g/mol. The molecule has 25 heavy (non-hydrogen) atoms. The van der Waals surface area contributed by atoms with Crippen molar-refractivity contribution in [1.29, 1.82) is 0 Å². The van der Waals surface area contributed by atoms with Gasteiger partial charge in [0.2, 0.25) is 0 Å². The van der Waals surface area contributed by atoms with Crippen LogP contribution < -0.4 is 5.43 Å². The zero-order valence-corrected chi connectivity index (χ0v) is 13.7. The lowest BCUT2D eigenvalue weighted by molar-refractivity contribution is -0.384. The number of hydrogen-bond donors (Lipinski definition) is 1. The van der Waals surface area contributed by atoms with Gasteiger partial charge in [0, 0.05) is 37.4 Å². The fourth-order valence-corrected chi connectivity index (χ4v) is 1.77. The van der Waals surface area contributed by atoms with Gasteiger partial charge in [-0.3, -0.25) is 19.9 Å². The smallest absolute Gasteiger partial charge is 0.271 e. The number of rotatable bonds is 6. The van der Waals surface area contributed by atoms with Gasteiger partial charge >= 0.3 is 0 Å². The molecule has 0 radical (unpaired) electrons. The van der Waals surface area contributed by atoms with Crippen LogP contribution >= 0.6 is 0 Å². The molecule has 0 aliphatic rings. The SMILES string of the molecule is CN(C)N=Nc1ccc(C(=O)N/N=C/c2cccc([N+](=O)[O-])c2)cc1. The first-order valence-corrected chi connectivity index (χ1v) is 7.22. The number of hydrogen-bond acceptors (Lipinski definition) is 6. The lowest BCUT2D eigenvalue weighted by Crippen LogP contribution is -2.17. The van der Waals surface area contributed by atoms with Crippen molar-refractivity contribution in [3.8, 4) is 0 Å². The average Bonchev–Trinajstić information content (AvgIpc) is 2.60. The number of amides is 1. The molecule has 0 saturated carbocycles. The van der Waals surface area contributed by atoms with Crippen molar-refractivity contribution in [2.45, 2.75) is 0 Å². The van der Waals surface area contributed by atoms with Crippen LogP contribution in [0.5, 0.6) is 0 Å². The van der Waals surface area contributed by atoms with Gasteiger partial charge in [-0.1, -0.05) is 17.4 Å². The van der Waals surface area contributed by atoms with Crippen molar-refractivity contribution < 1.29 is 9.72 Å². The molecule has 0 unspecified atom stereocenters. The fraction of sp³-hybridized carbons (Fsp3) is 0.125. The maximum absolute atomic E-state index is 12.0. The lowest BCUT2D eigenvalue weighted by Gasteiger charge is -2.02. The summed E-state index contributed by atoms with van der Waals surface area (Å²) in [5.74, 6) is -0.405. The van der Waals surface area contributed by atoms with Crippen LogP contribution in [0, 0.1) is 10.1 Å². The number of non-ortho nitro benzene ring substituents is 1. The third-order valence-electron chi connectivity index (χ3n) is 2.93. The molecule has 0 bridgehead atoms. The van der Waals surface area contributed by atoms with Crippen LogP contribution in [0.15, 0.2) is 64.0 Å². The largest absolute Gasteiger partial charge is 0.285 e. The van der Waals surface area contributed by atoms with Crippen LogP contribution in [0.4, 0.5) is 11.4 Å². The van der Waals surface area contributed by atoms with E-state index in [4.69, 9.17) is 0 Å². The highest BCUT2D eigenvalue weighted by Gasteiger charge is 2.05.